The van der Waals surface area contributed by atoms with Crippen LogP contribution in [0.3, 0.4) is 0 Å². The summed E-state index contributed by atoms with van der Waals surface area (Å²) in [7, 11) is 0. The highest BCUT2D eigenvalue weighted by molar-refractivity contribution is 5.92. The van der Waals surface area contributed by atoms with Crippen molar-refractivity contribution in [2.24, 2.45) is 5.73 Å². The minimum atomic E-state index is -1.07. The molecule has 0 spiro atoms. The molecule has 7 nitrogen and oxygen atoms in total. The molecule has 3 N–H and O–H groups in total. The van der Waals surface area contributed by atoms with Gasteiger partial charge in [0.25, 0.3) is 0 Å². The lowest BCUT2D eigenvalue weighted by Gasteiger charge is -2.45. The van der Waals surface area contributed by atoms with Crippen LogP contribution >= 0.6 is 0 Å². The average Bonchev–Trinajstić information content (AvgIpc) is 3.23. The third kappa shape index (κ3) is 4.23. The van der Waals surface area contributed by atoms with Gasteiger partial charge in [-0.05, 0) is 60.9 Å². The number of aliphatic hydroxyl groups is 1. The summed E-state index contributed by atoms with van der Waals surface area (Å²) in [5, 5.41) is 20.8. The molecule has 3 aromatic rings. The molecule has 2 heterocycles. The van der Waals surface area contributed by atoms with E-state index in [4.69, 9.17) is 10.5 Å². The Bertz CT molecular complexity index is 1320. The summed E-state index contributed by atoms with van der Waals surface area (Å²) in [6, 6.07) is 21.9. The molecule has 0 saturated carbocycles. The Balaban J connectivity index is 1.50. The standard InChI is InChI=1S/C28H28N4O3/c1-28(2)26(33)25(23-12-19(14-29)8-11-24(23)35-28)32(27(30)34)22-10-9-20-16-31(17-21(20)13-22)15-18-6-4-3-5-7-18/h3-13,25-26,33H,15-17H2,1-2H3,(H2,30,34)/t25-,26+/m1/s1. The van der Waals surface area contributed by atoms with Gasteiger partial charge < -0.3 is 15.6 Å². The topological polar surface area (TPSA) is 103 Å². The Morgan fingerprint density at radius 1 is 1.14 bits per heavy atom. The second-order valence-electron chi connectivity index (χ2n) is 9.75. The Morgan fingerprint density at radius 2 is 1.89 bits per heavy atom. The predicted octanol–water partition coefficient (Wildman–Crippen LogP) is 4.23. The second kappa shape index (κ2) is 8.73. The molecule has 2 atom stereocenters. The summed E-state index contributed by atoms with van der Waals surface area (Å²) < 4.78 is 6.03. The van der Waals surface area contributed by atoms with Gasteiger partial charge in [0.2, 0.25) is 0 Å². The molecule has 0 unspecified atom stereocenters. The van der Waals surface area contributed by atoms with Gasteiger partial charge in [0, 0.05) is 30.9 Å². The summed E-state index contributed by atoms with van der Waals surface area (Å²) >= 11 is 0. The zero-order valence-electron chi connectivity index (χ0n) is 19.8. The van der Waals surface area contributed by atoms with E-state index in [-0.39, 0.29) is 0 Å². The third-order valence-electron chi connectivity index (χ3n) is 6.86. The number of rotatable bonds is 4. The van der Waals surface area contributed by atoms with E-state index in [1.54, 1.807) is 32.0 Å². The van der Waals surface area contributed by atoms with Crippen molar-refractivity contribution in [1.82, 2.24) is 4.90 Å². The van der Waals surface area contributed by atoms with E-state index in [1.165, 1.54) is 16.0 Å². The monoisotopic (exact) mass is 468 g/mol. The van der Waals surface area contributed by atoms with Gasteiger partial charge in [-0.1, -0.05) is 36.4 Å². The Morgan fingerprint density at radius 3 is 2.60 bits per heavy atom. The van der Waals surface area contributed by atoms with Gasteiger partial charge in [0.05, 0.1) is 17.7 Å². The molecule has 3 aromatic carbocycles. The highest BCUT2D eigenvalue weighted by Crippen LogP contribution is 2.45. The van der Waals surface area contributed by atoms with Gasteiger partial charge >= 0.3 is 6.03 Å². The first kappa shape index (κ1) is 22.9. The number of hydrogen-bond acceptors (Lipinski definition) is 5. The number of urea groups is 1. The molecule has 0 saturated heterocycles. The Labute approximate surface area is 205 Å². The molecule has 35 heavy (non-hydrogen) atoms. The lowest BCUT2D eigenvalue weighted by Crippen LogP contribution is -2.56. The fraction of sp³-hybridized carbons (Fsp3) is 0.286. The molecule has 5 rings (SSSR count). The lowest BCUT2D eigenvalue weighted by molar-refractivity contribution is -0.0571. The molecule has 0 aromatic heterocycles. The van der Waals surface area contributed by atoms with Gasteiger partial charge in [-0.3, -0.25) is 9.80 Å². The number of carbonyl (C=O) groups excluding carboxylic acids is 1. The largest absolute Gasteiger partial charge is 0.485 e. The van der Waals surface area contributed by atoms with E-state index >= 15 is 0 Å². The predicted molar refractivity (Wildman–Crippen MR) is 133 cm³/mol. The summed E-state index contributed by atoms with van der Waals surface area (Å²) in [6.45, 7) is 5.95. The number of amides is 2. The van der Waals surface area contributed by atoms with Crippen LogP contribution in [0.2, 0.25) is 0 Å². The highest BCUT2D eigenvalue weighted by Gasteiger charge is 2.47. The fourth-order valence-electron chi connectivity index (χ4n) is 5.10. The van der Waals surface area contributed by atoms with Gasteiger partial charge in [0.15, 0.2) is 0 Å². The summed E-state index contributed by atoms with van der Waals surface area (Å²) in [5.74, 6) is 0.519. The van der Waals surface area contributed by atoms with E-state index in [1.807, 2.05) is 36.4 Å². The second-order valence-corrected chi connectivity index (χ2v) is 9.75. The maximum Gasteiger partial charge on any atom is 0.319 e. The van der Waals surface area contributed by atoms with Crippen LogP contribution in [0.5, 0.6) is 5.75 Å². The van der Waals surface area contributed by atoms with Crippen LogP contribution in [0.1, 0.15) is 47.7 Å². The van der Waals surface area contributed by atoms with Crippen LogP contribution in [0, 0.1) is 11.3 Å². The molecule has 2 aliphatic heterocycles. The number of benzene rings is 3. The van der Waals surface area contributed by atoms with Crippen LogP contribution in [-0.4, -0.2) is 27.7 Å². The van der Waals surface area contributed by atoms with Gasteiger partial charge in [0.1, 0.15) is 17.5 Å². The van der Waals surface area contributed by atoms with Crippen molar-refractivity contribution in [2.45, 2.75) is 51.2 Å². The minimum Gasteiger partial charge on any atom is -0.485 e. The molecule has 0 aliphatic carbocycles. The number of ether oxygens (including phenoxy) is 1. The number of aliphatic hydroxyl groups excluding tert-OH is 1. The van der Waals surface area contributed by atoms with Crippen LogP contribution in [-0.2, 0) is 19.6 Å². The zero-order chi connectivity index (χ0) is 24.7. The molecule has 7 heteroatoms. The molecule has 0 bridgehead atoms. The normalized spacial score (nSPS) is 20.3. The number of nitriles is 1. The molecule has 0 fully saturated rings. The molecule has 2 amide bonds. The van der Waals surface area contributed by atoms with Gasteiger partial charge in [-0.25, -0.2) is 4.79 Å². The van der Waals surface area contributed by atoms with E-state index < -0.39 is 23.8 Å². The number of primary amides is 1. The molecule has 0 radical (unpaired) electrons. The summed E-state index contributed by atoms with van der Waals surface area (Å²) in [5.41, 5.74) is 10.1. The maximum absolute atomic E-state index is 12.8. The van der Waals surface area contributed by atoms with Crippen LogP contribution in [0.15, 0.2) is 66.7 Å². The van der Waals surface area contributed by atoms with E-state index in [0.29, 0.717) is 22.6 Å². The lowest BCUT2D eigenvalue weighted by atomic mass is 9.84. The Hall–Kier alpha value is -3.86. The fourth-order valence-corrected chi connectivity index (χ4v) is 5.10. The first-order valence-corrected chi connectivity index (χ1v) is 11.6. The van der Waals surface area contributed by atoms with Crippen molar-refractivity contribution in [2.75, 3.05) is 4.90 Å². The summed E-state index contributed by atoms with van der Waals surface area (Å²) in [4.78, 5) is 16.6. The zero-order valence-corrected chi connectivity index (χ0v) is 19.8. The number of nitrogens with zero attached hydrogens (tertiary/aromatic N) is 3. The highest BCUT2D eigenvalue weighted by atomic mass is 16.5. The smallest absolute Gasteiger partial charge is 0.319 e. The number of anilines is 1. The van der Waals surface area contributed by atoms with E-state index in [0.717, 1.165) is 25.2 Å². The number of hydrogen-bond donors (Lipinski definition) is 2. The van der Waals surface area contributed by atoms with Crippen LogP contribution in [0.4, 0.5) is 10.5 Å². The van der Waals surface area contributed by atoms with Crippen molar-refractivity contribution in [3.63, 3.8) is 0 Å². The van der Waals surface area contributed by atoms with Crippen molar-refractivity contribution >= 4 is 11.7 Å². The van der Waals surface area contributed by atoms with Crippen LogP contribution < -0.4 is 15.4 Å². The van der Waals surface area contributed by atoms with Gasteiger partial charge in [-0.2, -0.15) is 5.26 Å². The van der Waals surface area contributed by atoms with Crippen molar-refractivity contribution < 1.29 is 14.6 Å². The average molecular weight is 469 g/mol. The van der Waals surface area contributed by atoms with Crippen molar-refractivity contribution in [1.29, 1.82) is 5.26 Å². The van der Waals surface area contributed by atoms with Gasteiger partial charge in [-0.15, -0.1) is 0 Å². The van der Waals surface area contributed by atoms with Crippen LogP contribution in [0.25, 0.3) is 0 Å². The molecule has 2 aliphatic rings. The first-order valence-electron chi connectivity index (χ1n) is 11.6. The molecular weight excluding hydrogens is 440 g/mol. The number of carbonyl (C=O) groups is 1. The van der Waals surface area contributed by atoms with Crippen molar-refractivity contribution in [3.8, 4) is 11.8 Å². The SMILES string of the molecule is CC1(C)Oc2ccc(C#N)cc2[C@@H](N(C(N)=O)c2ccc3c(c2)CN(Cc2ccccc2)C3)[C@@H]1O. The molecular formula is C28H28N4O3. The van der Waals surface area contributed by atoms with Crippen molar-refractivity contribution in [3.05, 3.63) is 94.5 Å². The summed E-state index contributed by atoms with van der Waals surface area (Å²) in [6.07, 6.45) is -1.07. The first-order chi connectivity index (χ1) is 16.8. The third-order valence-corrected chi connectivity index (χ3v) is 6.86. The van der Waals surface area contributed by atoms with E-state index in [2.05, 4.69) is 23.1 Å². The maximum atomic E-state index is 12.8. The Kier molecular flexibility index (Phi) is 5.72. The van der Waals surface area contributed by atoms with E-state index in [9.17, 15) is 15.2 Å². The number of nitrogens with two attached hydrogens (primary N) is 1. The number of fused-ring (bicyclic) bond motifs is 2. The quantitative estimate of drug-likeness (QED) is 0.596. The minimum absolute atomic E-state index is 0.416. The molecule has 178 valence electrons.